The molecule has 24 heavy (non-hydrogen) atoms. The molecule has 0 unspecified atom stereocenters. The number of nitrogens with two attached hydrogens (primary N) is 1. The second kappa shape index (κ2) is 5.55. The van der Waals surface area contributed by atoms with Gasteiger partial charge in [0.2, 0.25) is 0 Å². The van der Waals surface area contributed by atoms with Crippen LogP contribution in [0.5, 0.6) is 11.5 Å². The summed E-state index contributed by atoms with van der Waals surface area (Å²) in [4.78, 5) is -0.290. The summed E-state index contributed by atoms with van der Waals surface area (Å²) < 4.78 is 32.5. The lowest BCUT2D eigenvalue weighted by molar-refractivity contribution is 0.406. The van der Waals surface area contributed by atoms with Crippen molar-refractivity contribution in [3.63, 3.8) is 0 Å². The molecule has 0 spiro atoms. The Hall–Kier alpha value is -2.48. The first-order valence-corrected chi connectivity index (χ1v) is 8.52. The maximum Gasteiger partial charge on any atom is 0.295 e. The standard InChI is InChI=1S/C16H12ClNO5S/c17-10-2-4-14(24(21,22)23)12(7-10)8-1-3-11-9(5-8)6-13(19)16(20)15(11)18/h1-7,19-20H,18H2,(H,21,22,23). The van der Waals surface area contributed by atoms with Gasteiger partial charge in [-0.1, -0.05) is 23.7 Å². The SMILES string of the molecule is Nc1c(O)c(O)cc2cc(-c3cc(Cl)ccc3S(=O)(=O)O)ccc12. The second-order valence-corrected chi connectivity index (χ2v) is 7.04. The number of phenolic OH excluding ortho intramolecular Hbond substituents is 2. The van der Waals surface area contributed by atoms with E-state index in [0.717, 1.165) is 0 Å². The maximum atomic E-state index is 11.6. The van der Waals surface area contributed by atoms with E-state index in [-0.39, 0.29) is 16.1 Å². The number of benzene rings is 3. The largest absolute Gasteiger partial charge is 0.504 e. The number of rotatable bonds is 2. The summed E-state index contributed by atoms with van der Waals surface area (Å²) in [6.07, 6.45) is 0. The van der Waals surface area contributed by atoms with E-state index in [0.29, 0.717) is 21.4 Å². The topological polar surface area (TPSA) is 121 Å². The molecule has 0 aliphatic carbocycles. The number of nitrogen functional groups attached to an aromatic ring is 1. The van der Waals surface area contributed by atoms with E-state index >= 15 is 0 Å². The summed E-state index contributed by atoms with van der Waals surface area (Å²) in [5, 5.41) is 20.6. The molecular weight excluding hydrogens is 354 g/mol. The summed E-state index contributed by atoms with van der Waals surface area (Å²) in [5.74, 6) is -0.810. The van der Waals surface area contributed by atoms with Crippen LogP contribution in [0.3, 0.4) is 0 Å². The molecular formula is C16H12ClNO5S. The fourth-order valence-corrected chi connectivity index (χ4v) is 3.40. The van der Waals surface area contributed by atoms with Crippen molar-refractivity contribution in [3.05, 3.63) is 47.5 Å². The number of fused-ring (bicyclic) bond motifs is 1. The average Bonchev–Trinajstić information content (AvgIpc) is 2.51. The number of hydrogen-bond acceptors (Lipinski definition) is 5. The molecule has 6 nitrogen and oxygen atoms in total. The van der Waals surface area contributed by atoms with Crippen molar-refractivity contribution < 1.29 is 23.2 Å². The minimum absolute atomic E-state index is 0.0117. The van der Waals surface area contributed by atoms with Gasteiger partial charge in [-0.05, 0) is 41.3 Å². The molecule has 0 atom stereocenters. The molecule has 0 bridgehead atoms. The van der Waals surface area contributed by atoms with E-state index < -0.39 is 21.6 Å². The molecule has 0 heterocycles. The molecule has 0 aliphatic rings. The van der Waals surface area contributed by atoms with E-state index in [4.69, 9.17) is 17.3 Å². The Balaban J connectivity index is 2.32. The molecule has 8 heteroatoms. The van der Waals surface area contributed by atoms with Gasteiger partial charge in [0.25, 0.3) is 10.1 Å². The monoisotopic (exact) mass is 365 g/mol. The first-order valence-electron chi connectivity index (χ1n) is 6.70. The Kier molecular flexibility index (Phi) is 3.79. The van der Waals surface area contributed by atoms with E-state index in [2.05, 4.69) is 0 Å². The van der Waals surface area contributed by atoms with Crippen molar-refractivity contribution >= 4 is 38.2 Å². The van der Waals surface area contributed by atoms with Gasteiger partial charge in [0.05, 0.1) is 5.69 Å². The molecule has 0 saturated heterocycles. The van der Waals surface area contributed by atoms with Gasteiger partial charge >= 0.3 is 0 Å². The van der Waals surface area contributed by atoms with Gasteiger partial charge in [0, 0.05) is 16.0 Å². The van der Waals surface area contributed by atoms with Crippen LogP contribution in [-0.4, -0.2) is 23.2 Å². The summed E-state index contributed by atoms with van der Waals surface area (Å²) in [7, 11) is -4.45. The lowest BCUT2D eigenvalue weighted by Crippen LogP contribution is -2.00. The first-order chi connectivity index (χ1) is 11.2. The molecule has 0 fully saturated rings. The second-order valence-electron chi connectivity index (χ2n) is 5.21. The van der Waals surface area contributed by atoms with E-state index in [1.54, 1.807) is 18.2 Å². The number of aromatic hydroxyl groups is 2. The number of halogens is 1. The predicted octanol–water partition coefficient (Wildman–Crippen LogP) is 3.40. The average molecular weight is 366 g/mol. The van der Waals surface area contributed by atoms with Crippen LogP contribution in [0.2, 0.25) is 5.02 Å². The van der Waals surface area contributed by atoms with Gasteiger partial charge in [0.15, 0.2) is 11.5 Å². The third-order valence-electron chi connectivity index (χ3n) is 3.66. The van der Waals surface area contributed by atoms with Crippen molar-refractivity contribution in [1.82, 2.24) is 0 Å². The third-order valence-corrected chi connectivity index (χ3v) is 4.81. The highest BCUT2D eigenvalue weighted by Gasteiger charge is 2.18. The Labute approximate surface area is 142 Å². The van der Waals surface area contributed by atoms with E-state index in [9.17, 15) is 23.2 Å². The van der Waals surface area contributed by atoms with Crippen LogP contribution in [0.15, 0.2) is 47.4 Å². The molecule has 0 radical (unpaired) electrons. The summed E-state index contributed by atoms with van der Waals surface area (Å²) in [6.45, 7) is 0. The Morgan fingerprint density at radius 3 is 2.38 bits per heavy atom. The molecule has 0 saturated carbocycles. The molecule has 124 valence electrons. The maximum absolute atomic E-state index is 11.6. The third kappa shape index (κ3) is 2.73. The molecule has 0 aliphatic heterocycles. The zero-order valence-electron chi connectivity index (χ0n) is 12.1. The van der Waals surface area contributed by atoms with E-state index in [1.165, 1.54) is 24.3 Å². The van der Waals surface area contributed by atoms with Gasteiger partial charge < -0.3 is 15.9 Å². The fraction of sp³-hybridized carbons (Fsp3) is 0. The lowest BCUT2D eigenvalue weighted by atomic mass is 10.00. The van der Waals surface area contributed by atoms with Gasteiger partial charge in [-0.2, -0.15) is 8.42 Å². The zero-order valence-corrected chi connectivity index (χ0v) is 13.6. The zero-order chi connectivity index (χ0) is 17.6. The highest BCUT2D eigenvalue weighted by atomic mass is 35.5. The fourth-order valence-electron chi connectivity index (χ4n) is 2.53. The van der Waals surface area contributed by atoms with E-state index in [1.807, 2.05) is 0 Å². The van der Waals surface area contributed by atoms with Crippen molar-refractivity contribution in [3.8, 4) is 22.6 Å². The van der Waals surface area contributed by atoms with Crippen molar-refractivity contribution in [2.45, 2.75) is 4.90 Å². The van der Waals surface area contributed by atoms with Crippen LogP contribution in [0.4, 0.5) is 5.69 Å². The van der Waals surface area contributed by atoms with Crippen molar-refractivity contribution in [2.75, 3.05) is 5.73 Å². The quantitative estimate of drug-likeness (QED) is 0.314. The first kappa shape index (κ1) is 16.4. The van der Waals surface area contributed by atoms with Crippen molar-refractivity contribution in [2.24, 2.45) is 0 Å². The Morgan fingerprint density at radius 2 is 1.71 bits per heavy atom. The van der Waals surface area contributed by atoms with Crippen LogP contribution in [0, 0.1) is 0 Å². The molecule has 3 aromatic carbocycles. The minimum Gasteiger partial charge on any atom is -0.504 e. The van der Waals surface area contributed by atoms with Gasteiger partial charge in [-0.3, -0.25) is 4.55 Å². The highest BCUT2D eigenvalue weighted by Crippen LogP contribution is 2.40. The number of hydrogen-bond donors (Lipinski definition) is 4. The summed E-state index contributed by atoms with van der Waals surface area (Å²) in [6, 6.07) is 10.0. The van der Waals surface area contributed by atoms with Gasteiger partial charge in [-0.15, -0.1) is 0 Å². The number of anilines is 1. The molecule has 3 rings (SSSR count). The summed E-state index contributed by atoms with van der Waals surface area (Å²) in [5.41, 5.74) is 6.43. The van der Waals surface area contributed by atoms with Gasteiger partial charge in [-0.25, -0.2) is 0 Å². The Morgan fingerprint density at radius 1 is 1.00 bits per heavy atom. The molecule has 0 aromatic heterocycles. The van der Waals surface area contributed by atoms with Crippen LogP contribution >= 0.6 is 11.6 Å². The highest BCUT2D eigenvalue weighted by molar-refractivity contribution is 7.86. The normalized spacial score (nSPS) is 11.8. The Bertz CT molecular complexity index is 1080. The van der Waals surface area contributed by atoms with Crippen LogP contribution < -0.4 is 5.73 Å². The minimum atomic E-state index is -4.45. The van der Waals surface area contributed by atoms with Crippen LogP contribution in [-0.2, 0) is 10.1 Å². The number of phenols is 2. The lowest BCUT2D eigenvalue weighted by Gasteiger charge is -2.11. The molecule has 5 N–H and O–H groups in total. The summed E-state index contributed by atoms with van der Waals surface area (Å²) >= 11 is 5.94. The van der Waals surface area contributed by atoms with Crippen molar-refractivity contribution in [1.29, 1.82) is 0 Å². The van der Waals surface area contributed by atoms with Gasteiger partial charge in [0.1, 0.15) is 4.90 Å². The predicted molar refractivity (Wildman–Crippen MR) is 92.0 cm³/mol. The molecule has 3 aromatic rings. The van der Waals surface area contributed by atoms with Crippen LogP contribution in [0.25, 0.3) is 21.9 Å². The van der Waals surface area contributed by atoms with Crippen LogP contribution in [0.1, 0.15) is 0 Å². The molecule has 0 amide bonds. The smallest absolute Gasteiger partial charge is 0.295 e.